The Labute approximate surface area is 147 Å². The quantitative estimate of drug-likeness (QED) is 0.553. The smallest absolute Gasteiger partial charge is 0.271 e. The Morgan fingerprint density at radius 3 is 2.81 bits per heavy atom. The normalized spacial score (nSPS) is 12.1. The molecule has 0 spiro atoms. The summed E-state index contributed by atoms with van der Waals surface area (Å²) in [4.78, 5) is 30.9. The molecule has 134 valence electrons. The van der Waals surface area contributed by atoms with Crippen LogP contribution in [0.3, 0.4) is 0 Å². The highest BCUT2D eigenvalue weighted by Crippen LogP contribution is 2.24. The molecule has 1 atom stereocenters. The molecule has 3 rings (SSSR count). The maximum Gasteiger partial charge on any atom is 0.271 e. The van der Waals surface area contributed by atoms with Gasteiger partial charge >= 0.3 is 0 Å². The monoisotopic (exact) mass is 357 g/mol. The summed E-state index contributed by atoms with van der Waals surface area (Å²) in [5.74, 6) is -0.633. The van der Waals surface area contributed by atoms with Gasteiger partial charge in [-0.15, -0.1) is 0 Å². The van der Waals surface area contributed by atoms with Gasteiger partial charge in [0.1, 0.15) is 11.5 Å². The van der Waals surface area contributed by atoms with E-state index in [2.05, 4.69) is 15.3 Å². The molecule has 8 nitrogen and oxygen atoms in total. The molecule has 0 radical (unpaired) electrons. The lowest BCUT2D eigenvalue weighted by atomic mass is 10.2. The van der Waals surface area contributed by atoms with E-state index in [-0.39, 0.29) is 28.9 Å². The standard InChI is InChI=1S/C17H16FN5O3/c1-3-10(2)22-15(24)7-4-11-9-19-17(21-16(11)22)20-14-8-12(23(25)26)5-6-13(14)18/h4-10H,3H2,1-2H3,(H,19,20,21). The number of nitrogens with one attached hydrogen (secondary N) is 1. The summed E-state index contributed by atoms with van der Waals surface area (Å²) < 4.78 is 15.5. The molecule has 1 unspecified atom stereocenters. The number of nitro benzene ring substituents is 1. The minimum atomic E-state index is -0.674. The molecule has 0 aliphatic rings. The molecule has 2 heterocycles. The van der Waals surface area contributed by atoms with Crippen LogP contribution in [0.15, 0.2) is 41.3 Å². The Morgan fingerprint density at radius 2 is 2.12 bits per heavy atom. The van der Waals surface area contributed by atoms with E-state index in [4.69, 9.17) is 0 Å². The number of halogens is 1. The Hall–Kier alpha value is -3.36. The molecule has 3 aromatic rings. The number of hydrogen-bond acceptors (Lipinski definition) is 6. The van der Waals surface area contributed by atoms with Gasteiger partial charge in [-0.2, -0.15) is 4.98 Å². The third kappa shape index (κ3) is 3.23. The number of benzene rings is 1. The molecule has 1 N–H and O–H groups in total. The predicted octanol–water partition coefficient (Wildman–Crippen LogP) is 3.55. The molecule has 0 amide bonds. The van der Waals surface area contributed by atoms with E-state index in [1.807, 2.05) is 13.8 Å². The molecule has 0 saturated carbocycles. The van der Waals surface area contributed by atoms with Gasteiger partial charge in [0.15, 0.2) is 0 Å². The van der Waals surface area contributed by atoms with Gasteiger partial charge in [-0.3, -0.25) is 19.5 Å². The van der Waals surface area contributed by atoms with Crippen molar-refractivity contribution in [1.82, 2.24) is 14.5 Å². The van der Waals surface area contributed by atoms with Crippen molar-refractivity contribution in [3.05, 3.63) is 62.8 Å². The highest BCUT2D eigenvalue weighted by Gasteiger charge is 2.14. The number of nitro groups is 1. The van der Waals surface area contributed by atoms with Gasteiger partial charge in [0.05, 0.1) is 10.6 Å². The minimum absolute atomic E-state index is 0.0413. The molecule has 1 aromatic carbocycles. The van der Waals surface area contributed by atoms with Gasteiger partial charge in [0.2, 0.25) is 5.95 Å². The average molecular weight is 357 g/mol. The number of hydrogen-bond donors (Lipinski definition) is 1. The summed E-state index contributed by atoms with van der Waals surface area (Å²) in [5.41, 5.74) is -0.161. The fraction of sp³-hybridized carbons (Fsp3) is 0.235. The molecule has 0 aliphatic heterocycles. The second-order valence-corrected chi connectivity index (χ2v) is 5.82. The van der Waals surface area contributed by atoms with Gasteiger partial charge < -0.3 is 5.32 Å². The first-order valence-corrected chi connectivity index (χ1v) is 8.00. The molecule has 2 aromatic heterocycles. The topological polar surface area (TPSA) is 103 Å². The number of pyridine rings is 1. The largest absolute Gasteiger partial charge is 0.321 e. The Bertz CT molecular complexity index is 1050. The Balaban J connectivity index is 2.09. The zero-order valence-corrected chi connectivity index (χ0v) is 14.1. The van der Waals surface area contributed by atoms with Crippen molar-refractivity contribution in [2.45, 2.75) is 26.3 Å². The number of anilines is 2. The summed E-state index contributed by atoms with van der Waals surface area (Å²) >= 11 is 0. The van der Waals surface area contributed by atoms with Crippen molar-refractivity contribution in [2.24, 2.45) is 0 Å². The van der Waals surface area contributed by atoms with Gasteiger partial charge in [-0.05, 0) is 25.5 Å². The van der Waals surface area contributed by atoms with Crippen molar-refractivity contribution in [2.75, 3.05) is 5.32 Å². The first-order valence-electron chi connectivity index (χ1n) is 8.00. The van der Waals surface area contributed by atoms with E-state index in [1.165, 1.54) is 12.3 Å². The van der Waals surface area contributed by atoms with Crippen LogP contribution in [0.5, 0.6) is 0 Å². The van der Waals surface area contributed by atoms with E-state index in [1.54, 1.807) is 10.6 Å². The highest BCUT2D eigenvalue weighted by molar-refractivity contribution is 5.76. The minimum Gasteiger partial charge on any atom is -0.321 e. The van der Waals surface area contributed by atoms with Gasteiger partial charge in [0.25, 0.3) is 11.2 Å². The van der Waals surface area contributed by atoms with Crippen LogP contribution < -0.4 is 10.9 Å². The Kier molecular flexibility index (Phi) is 4.61. The molecule has 0 bridgehead atoms. The SMILES string of the molecule is CCC(C)n1c(=O)ccc2cnc(Nc3cc([N+](=O)[O-])ccc3F)nc21. The van der Waals surface area contributed by atoms with Crippen LogP contribution in [0.2, 0.25) is 0 Å². The molecule has 0 fully saturated rings. The molecule has 0 saturated heterocycles. The lowest BCUT2D eigenvalue weighted by Gasteiger charge is -2.15. The predicted molar refractivity (Wildman–Crippen MR) is 95.1 cm³/mol. The van der Waals surface area contributed by atoms with Crippen molar-refractivity contribution in [1.29, 1.82) is 0 Å². The fourth-order valence-electron chi connectivity index (χ4n) is 2.55. The summed E-state index contributed by atoms with van der Waals surface area (Å²) in [6.45, 7) is 3.85. The summed E-state index contributed by atoms with van der Waals surface area (Å²) in [6.07, 6.45) is 2.24. The van der Waals surface area contributed by atoms with Crippen LogP contribution in [-0.2, 0) is 0 Å². The van der Waals surface area contributed by atoms with Crippen molar-refractivity contribution < 1.29 is 9.31 Å². The first kappa shape index (κ1) is 17.5. The highest BCUT2D eigenvalue weighted by atomic mass is 19.1. The van der Waals surface area contributed by atoms with Crippen LogP contribution in [0, 0.1) is 15.9 Å². The van der Waals surface area contributed by atoms with Crippen LogP contribution in [0.4, 0.5) is 21.7 Å². The number of non-ortho nitro benzene ring substituents is 1. The van der Waals surface area contributed by atoms with Crippen LogP contribution in [0.25, 0.3) is 11.0 Å². The molecule has 9 heteroatoms. The van der Waals surface area contributed by atoms with Crippen molar-refractivity contribution in [3.63, 3.8) is 0 Å². The zero-order chi connectivity index (χ0) is 18.8. The van der Waals surface area contributed by atoms with Crippen LogP contribution >= 0.6 is 0 Å². The number of nitrogens with zero attached hydrogens (tertiary/aromatic N) is 4. The van der Waals surface area contributed by atoms with Gasteiger partial charge in [0, 0.05) is 35.8 Å². The Morgan fingerprint density at radius 1 is 1.35 bits per heavy atom. The number of fused-ring (bicyclic) bond motifs is 1. The van der Waals surface area contributed by atoms with E-state index in [9.17, 15) is 19.3 Å². The van der Waals surface area contributed by atoms with E-state index in [0.717, 1.165) is 24.6 Å². The van der Waals surface area contributed by atoms with E-state index in [0.29, 0.717) is 11.0 Å². The molecular formula is C17H16FN5O3. The number of aromatic nitrogens is 3. The second kappa shape index (κ2) is 6.87. The van der Waals surface area contributed by atoms with E-state index < -0.39 is 10.7 Å². The van der Waals surface area contributed by atoms with Gasteiger partial charge in [-0.25, -0.2) is 9.37 Å². The summed E-state index contributed by atoms with van der Waals surface area (Å²) in [6, 6.07) is 6.12. The fourth-order valence-corrected chi connectivity index (χ4v) is 2.55. The maximum atomic E-state index is 14.0. The van der Waals surface area contributed by atoms with Crippen molar-refractivity contribution in [3.8, 4) is 0 Å². The molecular weight excluding hydrogens is 341 g/mol. The number of rotatable bonds is 5. The van der Waals surface area contributed by atoms with Crippen molar-refractivity contribution >= 4 is 28.4 Å². The van der Waals surface area contributed by atoms with Crippen LogP contribution in [-0.4, -0.2) is 19.5 Å². The molecule has 0 aliphatic carbocycles. The van der Waals surface area contributed by atoms with E-state index >= 15 is 0 Å². The van der Waals surface area contributed by atoms with Crippen LogP contribution in [0.1, 0.15) is 26.3 Å². The lowest BCUT2D eigenvalue weighted by Crippen LogP contribution is -2.23. The third-order valence-electron chi connectivity index (χ3n) is 4.11. The molecule has 26 heavy (non-hydrogen) atoms. The summed E-state index contributed by atoms with van der Waals surface area (Å²) in [5, 5.41) is 14.2. The van der Waals surface area contributed by atoms with Gasteiger partial charge in [-0.1, -0.05) is 6.92 Å². The average Bonchev–Trinajstić information content (AvgIpc) is 2.62. The second-order valence-electron chi connectivity index (χ2n) is 5.82. The maximum absolute atomic E-state index is 14.0. The zero-order valence-electron chi connectivity index (χ0n) is 14.1. The third-order valence-corrected chi connectivity index (χ3v) is 4.11. The summed E-state index contributed by atoms with van der Waals surface area (Å²) in [7, 11) is 0. The first-order chi connectivity index (χ1) is 12.4. The lowest BCUT2D eigenvalue weighted by molar-refractivity contribution is -0.384.